The van der Waals surface area contributed by atoms with E-state index in [1.54, 1.807) is 13.2 Å². The minimum atomic E-state index is 0.190. The highest BCUT2D eigenvalue weighted by molar-refractivity contribution is 5.77. The van der Waals surface area contributed by atoms with Gasteiger partial charge in [0.1, 0.15) is 17.1 Å². The summed E-state index contributed by atoms with van der Waals surface area (Å²) in [7, 11) is 1.66. The average molecular weight is 254 g/mol. The van der Waals surface area contributed by atoms with Crippen molar-refractivity contribution in [3.63, 3.8) is 0 Å². The van der Waals surface area contributed by atoms with E-state index in [2.05, 4.69) is 9.55 Å². The number of fused-ring (bicyclic) bond motifs is 1. The molecule has 1 aromatic carbocycles. The second kappa shape index (κ2) is 4.65. The molecule has 2 heterocycles. The lowest BCUT2D eigenvalue weighted by Gasteiger charge is -2.06. The summed E-state index contributed by atoms with van der Waals surface area (Å²) in [5.41, 5.74) is 2.04. The summed E-state index contributed by atoms with van der Waals surface area (Å²) < 4.78 is 7.19. The molecule has 3 aromatic rings. The molecule has 0 bridgehead atoms. The third-order valence-electron chi connectivity index (χ3n) is 3.10. The predicted octanol–water partition coefficient (Wildman–Crippen LogP) is 2.80. The van der Waals surface area contributed by atoms with Gasteiger partial charge in [0.25, 0.3) is 0 Å². The highest BCUT2D eigenvalue weighted by atomic mass is 16.5. The van der Waals surface area contributed by atoms with E-state index in [-0.39, 0.29) is 5.75 Å². The SMILES string of the molecule is COc1ccc(Cn2ccc3cc(O)cnc32)cc1. The van der Waals surface area contributed by atoms with Gasteiger partial charge >= 0.3 is 0 Å². The first kappa shape index (κ1) is 11.6. The number of hydrogen-bond acceptors (Lipinski definition) is 3. The van der Waals surface area contributed by atoms with Crippen LogP contribution in [0.15, 0.2) is 48.8 Å². The zero-order valence-corrected chi connectivity index (χ0v) is 10.6. The van der Waals surface area contributed by atoms with Crippen molar-refractivity contribution >= 4 is 11.0 Å². The van der Waals surface area contributed by atoms with Gasteiger partial charge in [0.05, 0.1) is 13.3 Å². The van der Waals surface area contributed by atoms with Crippen LogP contribution in [0.25, 0.3) is 11.0 Å². The molecule has 0 saturated carbocycles. The summed E-state index contributed by atoms with van der Waals surface area (Å²) in [6, 6.07) is 11.6. The molecule has 0 fully saturated rings. The number of pyridine rings is 1. The van der Waals surface area contributed by atoms with E-state index >= 15 is 0 Å². The van der Waals surface area contributed by atoms with Gasteiger partial charge in [-0.15, -0.1) is 0 Å². The maximum Gasteiger partial charge on any atom is 0.140 e. The summed E-state index contributed by atoms with van der Waals surface area (Å²) in [4.78, 5) is 4.26. The monoisotopic (exact) mass is 254 g/mol. The van der Waals surface area contributed by atoms with Crippen LogP contribution in [0.4, 0.5) is 0 Å². The van der Waals surface area contributed by atoms with Gasteiger partial charge in [-0.1, -0.05) is 12.1 Å². The van der Waals surface area contributed by atoms with Crippen LogP contribution in [0.5, 0.6) is 11.5 Å². The molecule has 2 aromatic heterocycles. The highest BCUT2D eigenvalue weighted by Crippen LogP contribution is 2.20. The molecule has 0 radical (unpaired) electrons. The number of ether oxygens (including phenoxy) is 1. The number of aromatic hydroxyl groups is 1. The third kappa shape index (κ3) is 2.25. The molecule has 4 nitrogen and oxygen atoms in total. The third-order valence-corrected chi connectivity index (χ3v) is 3.10. The summed E-state index contributed by atoms with van der Waals surface area (Å²) in [5, 5.41) is 10.3. The summed E-state index contributed by atoms with van der Waals surface area (Å²) in [5.74, 6) is 1.04. The highest BCUT2D eigenvalue weighted by Gasteiger charge is 2.04. The Morgan fingerprint density at radius 1 is 1.21 bits per heavy atom. The van der Waals surface area contributed by atoms with Crippen LogP contribution >= 0.6 is 0 Å². The molecular formula is C15H14N2O2. The quantitative estimate of drug-likeness (QED) is 0.781. The lowest BCUT2D eigenvalue weighted by molar-refractivity contribution is 0.414. The molecule has 0 spiro atoms. The molecule has 0 aliphatic heterocycles. The Morgan fingerprint density at radius 3 is 2.74 bits per heavy atom. The Morgan fingerprint density at radius 2 is 2.00 bits per heavy atom. The number of aromatic nitrogens is 2. The van der Waals surface area contributed by atoms with Crippen molar-refractivity contribution < 1.29 is 9.84 Å². The van der Waals surface area contributed by atoms with E-state index in [0.29, 0.717) is 0 Å². The van der Waals surface area contributed by atoms with E-state index in [1.165, 1.54) is 11.8 Å². The topological polar surface area (TPSA) is 47.3 Å². The molecule has 0 aliphatic rings. The number of benzene rings is 1. The molecule has 0 aliphatic carbocycles. The predicted molar refractivity (Wildman–Crippen MR) is 73.5 cm³/mol. The Kier molecular flexibility index (Phi) is 2.83. The molecule has 0 atom stereocenters. The molecule has 0 unspecified atom stereocenters. The van der Waals surface area contributed by atoms with Crippen LogP contribution < -0.4 is 4.74 Å². The average Bonchev–Trinajstić information content (AvgIpc) is 2.82. The first-order chi connectivity index (χ1) is 9.26. The lowest BCUT2D eigenvalue weighted by atomic mass is 10.2. The Labute approximate surface area is 110 Å². The van der Waals surface area contributed by atoms with Crippen LogP contribution in [-0.4, -0.2) is 21.8 Å². The molecule has 1 N–H and O–H groups in total. The van der Waals surface area contributed by atoms with Crippen LogP contribution in [0.3, 0.4) is 0 Å². The second-order valence-corrected chi connectivity index (χ2v) is 4.40. The van der Waals surface area contributed by atoms with Crippen molar-refractivity contribution in [2.75, 3.05) is 7.11 Å². The van der Waals surface area contributed by atoms with Crippen LogP contribution in [0.1, 0.15) is 5.56 Å². The Hall–Kier alpha value is -2.49. The van der Waals surface area contributed by atoms with Gasteiger partial charge in [0.15, 0.2) is 0 Å². The van der Waals surface area contributed by atoms with Crippen molar-refractivity contribution in [2.45, 2.75) is 6.54 Å². The molecule has 4 heteroatoms. The van der Waals surface area contributed by atoms with Crippen LogP contribution in [0, 0.1) is 0 Å². The fourth-order valence-corrected chi connectivity index (χ4v) is 2.12. The summed E-state index contributed by atoms with van der Waals surface area (Å²) >= 11 is 0. The number of methoxy groups -OCH3 is 1. The van der Waals surface area contributed by atoms with E-state index < -0.39 is 0 Å². The van der Waals surface area contributed by atoms with Crippen LogP contribution in [-0.2, 0) is 6.54 Å². The summed E-state index contributed by atoms with van der Waals surface area (Å²) in [6.07, 6.45) is 3.44. The van der Waals surface area contributed by atoms with Crippen molar-refractivity contribution in [1.82, 2.24) is 9.55 Å². The largest absolute Gasteiger partial charge is 0.506 e. The van der Waals surface area contributed by atoms with Crippen molar-refractivity contribution in [3.05, 3.63) is 54.4 Å². The zero-order chi connectivity index (χ0) is 13.2. The maximum absolute atomic E-state index is 9.40. The number of nitrogens with zero attached hydrogens (tertiary/aromatic N) is 2. The number of hydrogen-bond donors (Lipinski definition) is 1. The second-order valence-electron chi connectivity index (χ2n) is 4.40. The van der Waals surface area contributed by atoms with Crippen molar-refractivity contribution in [2.24, 2.45) is 0 Å². The minimum absolute atomic E-state index is 0.190. The summed E-state index contributed by atoms with van der Waals surface area (Å²) in [6.45, 7) is 0.741. The van der Waals surface area contributed by atoms with Crippen molar-refractivity contribution in [1.29, 1.82) is 0 Å². The fourth-order valence-electron chi connectivity index (χ4n) is 2.12. The smallest absolute Gasteiger partial charge is 0.140 e. The fraction of sp³-hybridized carbons (Fsp3) is 0.133. The van der Waals surface area contributed by atoms with Gasteiger partial charge < -0.3 is 14.4 Å². The first-order valence-electron chi connectivity index (χ1n) is 6.03. The van der Waals surface area contributed by atoms with Crippen molar-refractivity contribution in [3.8, 4) is 11.5 Å². The molecular weight excluding hydrogens is 240 g/mol. The van der Waals surface area contributed by atoms with Gasteiger partial charge in [-0.25, -0.2) is 4.98 Å². The van der Waals surface area contributed by atoms with E-state index in [9.17, 15) is 5.11 Å². The lowest BCUT2D eigenvalue weighted by Crippen LogP contribution is -1.99. The van der Waals surface area contributed by atoms with E-state index in [0.717, 1.165) is 23.3 Å². The van der Waals surface area contributed by atoms with Gasteiger partial charge in [-0.2, -0.15) is 0 Å². The molecule has 0 saturated heterocycles. The minimum Gasteiger partial charge on any atom is -0.506 e. The Balaban J connectivity index is 1.92. The van der Waals surface area contributed by atoms with E-state index in [1.807, 2.05) is 36.5 Å². The maximum atomic E-state index is 9.40. The molecule has 0 amide bonds. The van der Waals surface area contributed by atoms with Gasteiger partial charge in [-0.3, -0.25) is 0 Å². The standard InChI is InChI=1S/C15H14N2O2/c1-19-14-4-2-11(3-5-14)10-17-7-6-12-8-13(18)9-16-15(12)17/h2-9,18H,10H2,1H3. The molecule has 96 valence electrons. The first-order valence-corrected chi connectivity index (χ1v) is 6.03. The van der Waals surface area contributed by atoms with Crippen LogP contribution in [0.2, 0.25) is 0 Å². The van der Waals surface area contributed by atoms with Gasteiger partial charge in [0.2, 0.25) is 0 Å². The molecule has 3 rings (SSSR count). The number of rotatable bonds is 3. The van der Waals surface area contributed by atoms with Gasteiger partial charge in [0, 0.05) is 18.1 Å². The van der Waals surface area contributed by atoms with E-state index in [4.69, 9.17) is 4.74 Å². The normalized spacial score (nSPS) is 10.8. The van der Waals surface area contributed by atoms with Gasteiger partial charge in [-0.05, 0) is 29.8 Å². The Bertz CT molecular complexity index is 702. The molecule has 19 heavy (non-hydrogen) atoms. The zero-order valence-electron chi connectivity index (χ0n) is 10.6.